The van der Waals surface area contributed by atoms with Crippen molar-refractivity contribution in [3.63, 3.8) is 0 Å². The van der Waals surface area contributed by atoms with Crippen molar-refractivity contribution in [2.24, 2.45) is 5.73 Å². The van der Waals surface area contributed by atoms with Gasteiger partial charge in [-0.2, -0.15) is 0 Å². The van der Waals surface area contributed by atoms with Crippen LogP contribution >= 0.6 is 0 Å². The first-order valence-electron chi connectivity index (χ1n) is 4.82. The predicted octanol–water partition coefficient (Wildman–Crippen LogP) is 1.09. The number of Topliss-reactive ketones (excluding diaryl/α,β-unsaturated/α-hetero) is 1. The van der Waals surface area contributed by atoms with E-state index in [1.165, 1.54) is 0 Å². The van der Waals surface area contributed by atoms with Crippen molar-refractivity contribution in [1.82, 2.24) is 9.38 Å². The molecule has 0 aliphatic rings. The molecule has 0 bridgehead atoms. The van der Waals surface area contributed by atoms with Gasteiger partial charge < -0.3 is 10.1 Å². The van der Waals surface area contributed by atoms with Crippen molar-refractivity contribution >= 4 is 11.3 Å². The first-order chi connectivity index (χ1) is 7.13. The topological polar surface area (TPSA) is 60.4 Å². The van der Waals surface area contributed by atoms with Crippen LogP contribution < -0.4 is 5.73 Å². The lowest BCUT2D eigenvalue weighted by Crippen LogP contribution is -2.14. The lowest BCUT2D eigenvalue weighted by atomic mass is 10.2. The molecule has 0 aromatic carbocycles. The second-order valence-electron chi connectivity index (χ2n) is 3.60. The van der Waals surface area contributed by atoms with E-state index in [-0.39, 0.29) is 12.3 Å². The van der Waals surface area contributed by atoms with Crippen LogP contribution in [0.3, 0.4) is 0 Å². The minimum absolute atomic E-state index is 0.0000102. The van der Waals surface area contributed by atoms with E-state index in [1.54, 1.807) is 0 Å². The van der Waals surface area contributed by atoms with Gasteiger partial charge in [-0.1, -0.05) is 6.07 Å². The van der Waals surface area contributed by atoms with E-state index >= 15 is 0 Å². The number of nitrogens with two attached hydrogens (primary N) is 1. The Kier molecular flexibility index (Phi) is 2.28. The van der Waals surface area contributed by atoms with E-state index in [1.807, 2.05) is 36.6 Å². The maximum Gasteiger partial charge on any atom is 0.196 e. The Bertz CT molecular complexity index is 528. The highest BCUT2D eigenvalue weighted by Gasteiger charge is 2.13. The molecule has 15 heavy (non-hydrogen) atoms. The van der Waals surface area contributed by atoms with Crippen LogP contribution in [0, 0.1) is 13.8 Å². The molecule has 0 unspecified atom stereocenters. The van der Waals surface area contributed by atoms with Crippen molar-refractivity contribution in [2.75, 3.05) is 6.54 Å². The van der Waals surface area contributed by atoms with Crippen LogP contribution in [0.2, 0.25) is 0 Å². The molecule has 0 saturated carbocycles. The van der Waals surface area contributed by atoms with Crippen LogP contribution in [0.4, 0.5) is 0 Å². The number of imidazole rings is 1. The number of pyridine rings is 1. The summed E-state index contributed by atoms with van der Waals surface area (Å²) in [5.74, 6) is 0.690. The number of carbonyl (C=O) groups excluding carboxylic acids is 1. The van der Waals surface area contributed by atoms with Crippen LogP contribution in [0.1, 0.15) is 21.9 Å². The summed E-state index contributed by atoms with van der Waals surface area (Å²) in [7, 11) is 0. The summed E-state index contributed by atoms with van der Waals surface area (Å²) in [5, 5.41) is 0. The Morgan fingerprint density at radius 2 is 2.20 bits per heavy atom. The third-order valence-electron chi connectivity index (χ3n) is 2.41. The van der Waals surface area contributed by atoms with Crippen LogP contribution in [-0.2, 0) is 0 Å². The molecule has 2 aromatic heterocycles. The van der Waals surface area contributed by atoms with Gasteiger partial charge in [-0.3, -0.25) is 4.79 Å². The third kappa shape index (κ3) is 1.53. The summed E-state index contributed by atoms with van der Waals surface area (Å²) in [6.07, 6.45) is 1.96. The lowest BCUT2D eigenvalue weighted by Gasteiger charge is -1.98. The summed E-state index contributed by atoms with van der Waals surface area (Å²) in [4.78, 5) is 15.8. The molecule has 2 aromatic rings. The second-order valence-corrected chi connectivity index (χ2v) is 3.60. The summed E-state index contributed by atoms with van der Waals surface area (Å²) in [6, 6.07) is 3.86. The molecule has 0 saturated heterocycles. The predicted molar refractivity (Wildman–Crippen MR) is 58.1 cm³/mol. The number of hydrogen-bond donors (Lipinski definition) is 1. The molecule has 0 atom stereocenters. The molecule has 0 amide bonds. The van der Waals surface area contributed by atoms with Gasteiger partial charge in [-0.05, 0) is 25.5 Å². The smallest absolute Gasteiger partial charge is 0.196 e. The number of hydrogen-bond acceptors (Lipinski definition) is 3. The molecule has 2 heterocycles. The SMILES string of the molecule is Cc1ccc2c(C(=O)CN)nc(C)n2c1. The largest absolute Gasteiger partial charge is 0.324 e. The Morgan fingerprint density at radius 3 is 2.87 bits per heavy atom. The molecule has 2 rings (SSSR count). The first-order valence-corrected chi connectivity index (χ1v) is 4.82. The molecule has 4 nitrogen and oxygen atoms in total. The molecule has 0 spiro atoms. The maximum atomic E-state index is 11.5. The molecule has 2 N–H and O–H groups in total. The molecular weight excluding hydrogens is 190 g/mol. The first kappa shape index (κ1) is 9.86. The van der Waals surface area contributed by atoms with Crippen molar-refractivity contribution in [1.29, 1.82) is 0 Å². The number of nitrogens with zero attached hydrogens (tertiary/aromatic N) is 2. The van der Waals surface area contributed by atoms with E-state index in [2.05, 4.69) is 4.98 Å². The lowest BCUT2D eigenvalue weighted by molar-refractivity contribution is 0.0998. The molecule has 4 heteroatoms. The fraction of sp³-hybridized carbons (Fsp3) is 0.273. The average Bonchev–Trinajstić information content (AvgIpc) is 2.55. The monoisotopic (exact) mass is 203 g/mol. The number of rotatable bonds is 2. The Morgan fingerprint density at radius 1 is 1.47 bits per heavy atom. The van der Waals surface area contributed by atoms with Gasteiger partial charge in [0.15, 0.2) is 5.78 Å². The van der Waals surface area contributed by atoms with Gasteiger partial charge in [0.2, 0.25) is 0 Å². The highest BCUT2D eigenvalue weighted by molar-refractivity contribution is 6.01. The number of ketones is 1. The minimum Gasteiger partial charge on any atom is -0.324 e. The van der Waals surface area contributed by atoms with Crippen molar-refractivity contribution in [3.05, 3.63) is 35.4 Å². The van der Waals surface area contributed by atoms with E-state index in [0.717, 1.165) is 16.9 Å². The zero-order valence-electron chi connectivity index (χ0n) is 8.82. The van der Waals surface area contributed by atoms with E-state index in [0.29, 0.717) is 5.69 Å². The van der Waals surface area contributed by atoms with Crippen LogP contribution in [0.25, 0.3) is 5.52 Å². The summed E-state index contributed by atoms with van der Waals surface area (Å²) in [6.45, 7) is 3.88. The van der Waals surface area contributed by atoms with Gasteiger partial charge in [0, 0.05) is 6.20 Å². The van der Waals surface area contributed by atoms with E-state index in [9.17, 15) is 4.79 Å². The normalized spacial score (nSPS) is 10.9. The maximum absolute atomic E-state index is 11.5. The van der Waals surface area contributed by atoms with E-state index < -0.39 is 0 Å². The van der Waals surface area contributed by atoms with Gasteiger partial charge in [0.1, 0.15) is 11.5 Å². The molecule has 0 aliphatic heterocycles. The van der Waals surface area contributed by atoms with Gasteiger partial charge >= 0.3 is 0 Å². The fourth-order valence-corrected chi connectivity index (χ4v) is 1.64. The molecule has 0 radical (unpaired) electrons. The highest BCUT2D eigenvalue weighted by Crippen LogP contribution is 2.14. The zero-order valence-corrected chi connectivity index (χ0v) is 8.82. The van der Waals surface area contributed by atoms with Crippen molar-refractivity contribution < 1.29 is 4.79 Å². The molecule has 78 valence electrons. The van der Waals surface area contributed by atoms with Gasteiger partial charge in [0.25, 0.3) is 0 Å². The summed E-state index contributed by atoms with van der Waals surface area (Å²) < 4.78 is 1.91. The third-order valence-corrected chi connectivity index (χ3v) is 2.41. The standard InChI is InChI=1S/C11H13N3O/c1-7-3-4-9-11(10(15)5-12)13-8(2)14(9)6-7/h3-4,6H,5,12H2,1-2H3. The number of aryl methyl sites for hydroxylation is 2. The van der Waals surface area contributed by atoms with Gasteiger partial charge in [-0.25, -0.2) is 4.98 Å². The van der Waals surface area contributed by atoms with Crippen LogP contribution in [-0.4, -0.2) is 21.7 Å². The van der Waals surface area contributed by atoms with Gasteiger partial charge in [0.05, 0.1) is 12.1 Å². The average molecular weight is 203 g/mol. The van der Waals surface area contributed by atoms with Gasteiger partial charge in [-0.15, -0.1) is 0 Å². The summed E-state index contributed by atoms with van der Waals surface area (Å²) >= 11 is 0. The number of fused-ring (bicyclic) bond motifs is 1. The van der Waals surface area contributed by atoms with Crippen molar-refractivity contribution in [3.8, 4) is 0 Å². The molecule has 0 aliphatic carbocycles. The molecular formula is C11H13N3O. The number of aromatic nitrogens is 2. The summed E-state index contributed by atoms with van der Waals surface area (Å²) in [5.41, 5.74) is 7.76. The van der Waals surface area contributed by atoms with E-state index in [4.69, 9.17) is 5.73 Å². The second kappa shape index (κ2) is 3.47. The minimum atomic E-state index is -0.121. The van der Waals surface area contributed by atoms with Crippen molar-refractivity contribution in [2.45, 2.75) is 13.8 Å². The molecule has 0 fully saturated rings. The number of carbonyl (C=O) groups is 1. The van der Waals surface area contributed by atoms with Crippen LogP contribution in [0.5, 0.6) is 0 Å². The quantitative estimate of drug-likeness (QED) is 0.743. The zero-order chi connectivity index (χ0) is 11.0. The Hall–Kier alpha value is -1.68. The Labute approximate surface area is 87.7 Å². The fourth-order valence-electron chi connectivity index (χ4n) is 1.64. The van der Waals surface area contributed by atoms with Crippen LogP contribution in [0.15, 0.2) is 18.3 Å². The highest BCUT2D eigenvalue weighted by atomic mass is 16.1. The Balaban J connectivity index is 2.73.